The molecule has 17 heavy (non-hydrogen) atoms. The first kappa shape index (κ1) is 11.5. The molecule has 0 bridgehead atoms. The van der Waals surface area contributed by atoms with E-state index in [1.165, 1.54) is 6.20 Å². The van der Waals surface area contributed by atoms with Crippen LogP contribution in [0.4, 0.5) is 0 Å². The van der Waals surface area contributed by atoms with E-state index in [9.17, 15) is 4.79 Å². The van der Waals surface area contributed by atoms with Gasteiger partial charge in [-0.3, -0.25) is 9.78 Å². The van der Waals surface area contributed by atoms with Crippen LogP contribution in [-0.4, -0.2) is 22.6 Å². The fourth-order valence-corrected chi connectivity index (χ4v) is 1.75. The van der Waals surface area contributed by atoms with E-state index in [-0.39, 0.29) is 6.61 Å². The number of aryl methyl sites for hydroxylation is 1. The van der Waals surface area contributed by atoms with Crippen LogP contribution in [-0.2, 0) is 6.42 Å². The molecule has 3 N–H and O–H groups in total. The Bertz CT molecular complexity index is 552. The maximum atomic E-state index is 11.1. The van der Waals surface area contributed by atoms with Crippen molar-refractivity contribution in [3.05, 3.63) is 41.6 Å². The van der Waals surface area contributed by atoms with Crippen molar-refractivity contribution < 1.29 is 9.90 Å². The SMILES string of the molecule is NC(=O)c1cnc2ccc(CCCO)cc2c1. The molecule has 4 heteroatoms. The van der Waals surface area contributed by atoms with Crippen molar-refractivity contribution in [2.45, 2.75) is 12.8 Å². The predicted octanol–water partition coefficient (Wildman–Crippen LogP) is 1.26. The standard InChI is InChI=1S/C13H14N2O2/c14-13(17)11-7-10-6-9(2-1-5-16)3-4-12(10)15-8-11/h3-4,6-8,16H,1-2,5H2,(H2,14,17). The van der Waals surface area contributed by atoms with Crippen LogP contribution in [0.15, 0.2) is 30.5 Å². The van der Waals surface area contributed by atoms with Gasteiger partial charge in [-0.1, -0.05) is 6.07 Å². The fourth-order valence-electron chi connectivity index (χ4n) is 1.75. The molecule has 0 radical (unpaired) electrons. The third-order valence-electron chi connectivity index (χ3n) is 2.65. The van der Waals surface area contributed by atoms with Crippen molar-refractivity contribution in [3.63, 3.8) is 0 Å². The lowest BCUT2D eigenvalue weighted by atomic mass is 10.1. The highest BCUT2D eigenvalue weighted by Crippen LogP contribution is 2.16. The number of benzene rings is 1. The Kier molecular flexibility index (Phi) is 3.35. The van der Waals surface area contributed by atoms with Gasteiger partial charge in [0.15, 0.2) is 0 Å². The third kappa shape index (κ3) is 2.60. The molecule has 0 spiro atoms. The van der Waals surface area contributed by atoms with Crippen molar-refractivity contribution in [1.82, 2.24) is 4.98 Å². The molecule has 88 valence electrons. The fraction of sp³-hybridized carbons (Fsp3) is 0.231. The zero-order chi connectivity index (χ0) is 12.3. The highest BCUT2D eigenvalue weighted by molar-refractivity contribution is 5.96. The molecule has 1 heterocycles. The van der Waals surface area contributed by atoms with Crippen molar-refractivity contribution in [3.8, 4) is 0 Å². The summed E-state index contributed by atoms with van der Waals surface area (Å²) in [6.07, 6.45) is 3.03. The average Bonchev–Trinajstić information content (AvgIpc) is 2.35. The van der Waals surface area contributed by atoms with Gasteiger partial charge in [0.2, 0.25) is 5.91 Å². The van der Waals surface area contributed by atoms with Gasteiger partial charge in [-0.2, -0.15) is 0 Å². The van der Waals surface area contributed by atoms with Crippen LogP contribution in [0.1, 0.15) is 22.3 Å². The average molecular weight is 230 g/mol. The van der Waals surface area contributed by atoms with E-state index < -0.39 is 5.91 Å². The topological polar surface area (TPSA) is 76.2 Å². The van der Waals surface area contributed by atoms with Gasteiger partial charge < -0.3 is 10.8 Å². The van der Waals surface area contributed by atoms with Crippen LogP contribution in [0.25, 0.3) is 10.9 Å². The number of carbonyl (C=O) groups is 1. The van der Waals surface area contributed by atoms with E-state index >= 15 is 0 Å². The molecule has 0 aliphatic heterocycles. The van der Waals surface area contributed by atoms with E-state index in [1.807, 2.05) is 18.2 Å². The molecule has 0 unspecified atom stereocenters. The van der Waals surface area contributed by atoms with Crippen LogP contribution in [0.2, 0.25) is 0 Å². The smallest absolute Gasteiger partial charge is 0.250 e. The lowest BCUT2D eigenvalue weighted by Crippen LogP contribution is -2.11. The van der Waals surface area contributed by atoms with Gasteiger partial charge in [0.25, 0.3) is 0 Å². The Morgan fingerprint density at radius 2 is 2.18 bits per heavy atom. The summed E-state index contributed by atoms with van der Waals surface area (Å²) in [5.41, 5.74) is 7.58. The molecule has 0 fully saturated rings. The number of fused-ring (bicyclic) bond motifs is 1. The summed E-state index contributed by atoms with van der Waals surface area (Å²) in [5.74, 6) is -0.472. The Labute approximate surface area is 99.1 Å². The molecule has 1 amide bonds. The summed E-state index contributed by atoms with van der Waals surface area (Å²) in [6.45, 7) is 0.178. The van der Waals surface area contributed by atoms with Crippen LogP contribution < -0.4 is 5.73 Å². The Morgan fingerprint density at radius 3 is 2.88 bits per heavy atom. The predicted molar refractivity (Wildman–Crippen MR) is 65.7 cm³/mol. The maximum Gasteiger partial charge on any atom is 0.250 e. The minimum atomic E-state index is -0.472. The molecule has 4 nitrogen and oxygen atoms in total. The number of aliphatic hydroxyl groups excluding tert-OH is 1. The number of aromatic nitrogens is 1. The number of pyridine rings is 1. The number of hydrogen-bond acceptors (Lipinski definition) is 3. The van der Waals surface area contributed by atoms with Crippen molar-refractivity contribution >= 4 is 16.8 Å². The molecule has 2 aromatic rings. The Balaban J connectivity index is 2.39. The van der Waals surface area contributed by atoms with Crippen LogP contribution >= 0.6 is 0 Å². The molecule has 2 rings (SSSR count). The second-order valence-corrected chi connectivity index (χ2v) is 3.94. The number of nitrogens with two attached hydrogens (primary N) is 1. The second-order valence-electron chi connectivity index (χ2n) is 3.94. The van der Waals surface area contributed by atoms with E-state index in [1.54, 1.807) is 6.07 Å². The lowest BCUT2D eigenvalue weighted by Gasteiger charge is -2.03. The summed E-state index contributed by atoms with van der Waals surface area (Å²) >= 11 is 0. The number of amides is 1. The highest BCUT2D eigenvalue weighted by Gasteiger charge is 2.03. The molecule has 0 saturated heterocycles. The van der Waals surface area contributed by atoms with E-state index in [0.717, 1.165) is 29.3 Å². The normalized spacial score (nSPS) is 10.6. The summed E-state index contributed by atoms with van der Waals surface area (Å²) in [7, 11) is 0. The van der Waals surface area contributed by atoms with Gasteiger partial charge in [-0.05, 0) is 36.6 Å². The Morgan fingerprint density at radius 1 is 1.35 bits per heavy atom. The van der Waals surface area contributed by atoms with E-state index in [0.29, 0.717) is 5.56 Å². The zero-order valence-electron chi connectivity index (χ0n) is 9.39. The van der Waals surface area contributed by atoms with Gasteiger partial charge in [0, 0.05) is 18.2 Å². The first-order chi connectivity index (χ1) is 8.20. The van der Waals surface area contributed by atoms with Gasteiger partial charge >= 0.3 is 0 Å². The van der Waals surface area contributed by atoms with Gasteiger partial charge in [0.05, 0.1) is 11.1 Å². The number of primary amides is 1. The summed E-state index contributed by atoms with van der Waals surface area (Å²) in [5, 5.41) is 9.68. The van der Waals surface area contributed by atoms with E-state index in [4.69, 9.17) is 10.8 Å². The summed E-state index contributed by atoms with van der Waals surface area (Å²) < 4.78 is 0. The van der Waals surface area contributed by atoms with Crippen LogP contribution in [0.5, 0.6) is 0 Å². The minimum Gasteiger partial charge on any atom is -0.396 e. The first-order valence-corrected chi connectivity index (χ1v) is 5.50. The monoisotopic (exact) mass is 230 g/mol. The van der Waals surface area contributed by atoms with Crippen molar-refractivity contribution in [2.24, 2.45) is 5.73 Å². The zero-order valence-corrected chi connectivity index (χ0v) is 9.39. The molecule has 0 aliphatic carbocycles. The molecule has 1 aromatic carbocycles. The van der Waals surface area contributed by atoms with Gasteiger partial charge in [-0.25, -0.2) is 0 Å². The first-order valence-electron chi connectivity index (χ1n) is 5.50. The summed E-state index contributed by atoms with van der Waals surface area (Å²) in [4.78, 5) is 15.2. The van der Waals surface area contributed by atoms with Gasteiger partial charge in [-0.15, -0.1) is 0 Å². The number of aliphatic hydroxyl groups is 1. The number of nitrogens with zero attached hydrogens (tertiary/aromatic N) is 1. The number of hydrogen-bond donors (Lipinski definition) is 2. The maximum absolute atomic E-state index is 11.1. The highest BCUT2D eigenvalue weighted by atomic mass is 16.2. The van der Waals surface area contributed by atoms with Crippen LogP contribution in [0.3, 0.4) is 0 Å². The molecular weight excluding hydrogens is 216 g/mol. The molecule has 0 atom stereocenters. The molecular formula is C13H14N2O2. The number of carbonyl (C=O) groups excluding carboxylic acids is 1. The molecule has 0 saturated carbocycles. The Hall–Kier alpha value is -1.94. The minimum absolute atomic E-state index is 0.178. The third-order valence-corrected chi connectivity index (χ3v) is 2.65. The largest absolute Gasteiger partial charge is 0.396 e. The molecule has 1 aromatic heterocycles. The van der Waals surface area contributed by atoms with Crippen LogP contribution in [0, 0.1) is 0 Å². The molecule has 0 aliphatic rings. The number of rotatable bonds is 4. The van der Waals surface area contributed by atoms with Crippen molar-refractivity contribution in [2.75, 3.05) is 6.61 Å². The van der Waals surface area contributed by atoms with Crippen molar-refractivity contribution in [1.29, 1.82) is 0 Å². The second kappa shape index (κ2) is 4.93. The lowest BCUT2D eigenvalue weighted by molar-refractivity contribution is 0.1000. The van der Waals surface area contributed by atoms with Gasteiger partial charge in [0.1, 0.15) is 0 Å². The summed E-state index contributed by atoms with van der Waals surface area (Å²) in [6, 6.07) is 7.61. The van der Waals surface area contributed by atoms with E-state index in [2.05, 4.69) is 4.98 Å². The quantitative estimate of drug-likeness (QED) is 0.830.